The van der Waals surface area contributed by atoms with Gasteiger partial charge in [-0.1, -0.05) is 114 Å². The third kappa shape index (κ3) is 2.36. The van der Waals surface area contributed by atoms with Crippen molar-refractivity contribution in [3.63, 3.8) is 0 Å². The van der Waals surface area contributed by atoms with Gasteiger partial charge < -0.3 is 0 Å². The highest BCUT2D eigenvalue weighted by atomic mass is 14.5. The maximum Gasteiger partial charge on any atom is 0.0725 e. The van der Waals surface area contributed by atoms with E-state index in [9.17, 15) is 0 Å². The molecule has 0 saturated heterocycles. The van der Waals surface area contributed by atoms with Crippen molar-refractivity contribution in [2.75, 3.05) is 0 Å². The van der Waals surface area contributed by atoms with Crippen molar-refractivity contribution < 1.29 is 0 Å². The van der Waals surface area contributed by atoms with E-state index in [-0.39, 0.29) is 5.41 Å². The Bertz CT molecular complexity index is 1560. The summed E-state index contributed by atoms with van der Waals surface area (Å²) in [4.78, 5) is 0. The first kappa shape index (κ1) is 18.7. The van der Waals surface area contributed by atoms with E-state index >= 15 is 0 Å². The Balaban J connectivity index is 1.62. The lowest BCUT2D eigenvalue weighted by Crippen LogP contribution is -2.26. The van der Waals surface area contributed by atoms with Crippen molar-refractivity contribution in [2.24, 2.45) is 0 Å². The largest absolute Gasteiger partial charge is 0.0725 e. The first-order valence-electron chi connectivity index (χ1n) is 11.7. The van der Waals surface area contributed by atoms with Gasteiger partial charge in [-0.05, 0) is 75.5 Å². The zero-order chi connectivity index (χ0) is 22.2. The van der Waals surface area contributed by atoms with E-state index in [4.69, 9.17) is 0 Å². The quantitative estimate of drug-likeness (QED) is 0.250. The first-order valence-corrected chi connectivity index (χ1v) is 11.7. The SMILES string of the molecule is Cc1ccc(-c2ccc3c(c2)C2(c4ccccc4-c4ccc(C)cc42)c2ccccc2-3)cc1. The van der Waals surface area contributed by atoms with Gasteiger partial charge in [-0.2, -0.15) is 0 Å². The number of rotatable bonds is 1. The molecule has 0 aliphatic heterocycles. The fraction of sp³-hybridized carbons (Fsp3) is 0.0909. The van der Waals surface area contributed by atoms with Crippen LogP contribution in [0.4, 0.5) is 0 Å². The van der Waals surface area contributed by atoms with E-state index in [2.05, 4.69) is 123 Å². The summed E-state index contributed by atoms with van der Waals surface area (Å²) in [6, 6.07) is 41.0. The lowest BCUT2D eigenvalue weighted by atomic mass is 9.70. The van der Waals surface area contributed by atoms with Crippen LogP contribution in [0, 0.1) is 13.8 Å². The van der Waals surface area contributed by atoms with Gasteiger partial charge in [0.05, 0.1) is 5.41 Å². The molecule has 0 bridgehead atoms. The van der Waals surface area contributed by atoms with E-state index in [1.54, 1.807) is 0 Å². The summed E-state index contributed by atoms with van der Waals surface area (Å²) in [5.74, 6) is 0. The molecule has 5 aromatic carbocycles. The molecule has 7 rings (SSSR count). The van der Waals surface area contributed by atoms with Gasteiger partial charge >= 0.3 is 0 Å². The van der Waals surface area contributed by atoms with E-state index in [0.717, 1.165) is 0 Å². The van der Waals surface area contributed by atoms with Crippen molar-refractivity contribution in [2.45, 2.75) is 19.3 Å². The second-order valence-electron chi connectivity index (χ2n) is 9.52. The van der Waals surface area contributed by atoms with E-state index in [1.807, 2.05) is 0 Å². The zero-order valence-corrected chi connectivity index (χ0v) is 18.9. The fourth-order valence-electron chi connectivity index (χ4n) is 6.18. The van der Waals surface area contributed by atoms with Crippen LogP contribution in [0.15, 0.2) is 109 Å². The molecule has 1 unspecified atom stereocenters. The number of benzene rings is 5. The van der Waals surface area contributed by atoms with Crippen LogP contribution in [0.3, 0.4) is 0 Å². The predicted octanol–water partition coefficient (Wildman–Crippen LogP) is 8.31. The van der Waals surface area contributed by atoms with Gasteiger partial charge in [0.1, 0.15) is 0 Å². The summed E-state index contributed by atoms with van der Waals surface area (Å²) in [5.41, 5.74) is 15.9. The highest BCUT2D eigenvalue weighted by Crippen LogP contribution is 2.63. The summed E-state index contributed by atoms with van der Waals surface area (Å²) < 4.78 is 0. The van der Waals surface area contributed by atoms with Gasteiger partial charge in [0.15, 0.2) is 0 Å². The third-order valence-corrected chi connectivity index (χ3v) is 7.63. The molecule has 0 nitrogen and oxygen atoms in total. The molecule has 33 heavy (non-hydrogen) atoms. The Hall–Kier alpha value is -3.90. The predicted molar refractivity (Wildman–Crippen MR) is 138 cm³/mol. The Morgan fingerprint density at radius 2 is 0.879 bits per heavy atom. The smallest absolute Gasteiger partial charge is 0.0619 e. The van der Waals surface area contributed by atoms with Crippen LogP contribution in [0.1, 0.15) is 33.4 Å². The Kier molecular flexibility index (Phi) is 3.71. The van der Waals surface area contributed by atoms with Gasteiger partial charge in [-0.3, -0.25) is 0 Å². The molecule has 156 valence electrons. The standard InChI is InChI=1S/C33H24/c1-21-11-14-23(15-12-21)24-16-18-28-26-8-4-6-10-30(26)33(32(28)20-24)29-9-5-3-7-25(29)27-17-13-22(2)19-31(27)33/h3-20H,1-2H3. The van der Waals surface area contributed by atoms with E-state index in [1.165, 1.54) is 66.8 Å². The molecule has 0 N–H and O–H groups in total. The number of aryl methyl sites for hydroxylation is 2. The summed E-state index contributed by atoms with van der Waals surface area (Å²) >= 11 is 0. The molecule has 0 aromatic heterocycles. The summed E-state index contributed by atoms with van der Waals surface area (Å²) in [5, 5.41) is 0. The molecule has 0 radical (unpaired) electrons. The normalized spacial score (nSPS) is 16.9. The molecule has 2 aliphatic rings. The minimum absolute atomic E-state index is 0.273. The lowest BCUT2D eigenvalue weighted by Gasteiger charge is -2.31. The van der Waals surface area contributed by atoms with Gasteiger partial charge in [-0.15, -0.1) is 0 Å². The maximum atomic E-state index is 2.45. The van der Waals surface area contributed by atoms with Gasteiger partial charge in [-0.25, -0.2) is 0 Å². The Morgan fingerprint density at radius 1 is 0.394 bits per heavy atom. The average Bonchev–Trinajstić information content (AvgIpc) is 3.31. The molecule has 0 heteroatoms. The molecular formula is C33H24. The van der Waals surface area contributed by atoms with E-state index < -0.39 is 0 Å². The maximum absolute atomic E-state index is 2.45. The Morgan fingerprint density at radius 3 is 1.55 bits per heavy atom. The fourth-order valence-corrected chi connectivity index (χ4v) is 6.18. The lowest BCUT2D eigenvalue weighted by molar-refractivity contribution is 0.793. The minimum Gasteiger partial charge on any atom is -0.0619 e. The van der Waals surface area contributed by atoms with Crippen molar-refractivity contribution in [1.29, 1.82) is 0 Å². The second kappa shape index (κ2) is 6.56. The van der Waals surface area contributed by atoms with Crippen molar-refractivity contribution in [3.8, 4) is 33.4 Å². The van der Waals surface area contributed by atoms with Crippen molar-refractivity contribution >= 4 is 0 Å². The topological polar surface area (TPSA) is 0 Å². The Labute approximate surface area is 195 Å². The zero-order valence-electron chi connectivity index (χ0n) is 18.9. The molecule has 0 saturated carbocycles. The van der Waals surface area contributed by atoms with Crippen LogP contribution in [0.5, 0.6) is 0 Å². The number of hydrogen-bond acceptors (Lipinski definition) is 0. The summed E-state index contributed by atoms with van der Waals surface area (Å²) in [6.07, 6.45) is 0. The first-order chi connectivity index (χ1) is 16.2. The van der Waals surface area contributed by atoms with Crippen molar-refractivity contribution in [1.82, 2.24) is 0 Å². The van der Waals surface area contributed by atoms with Crippen LogP contribution in [-0.2, 0) is 5.41 Å². The highest BCUT2D eigenvalue weighted by Gasteiger charge is 2.51. The molecule has 1 spiro atoms. The molecule has 5 aromatic rings. The van der Waals surface area contributed by atoms with Crippen LogP contribution < -0.4 is 0 Å². The molecule has 0 fully saturated rings. The molecule has 1 atom stereocenters. The highest BCUT2D eigenvalue weighted by molar-refractivity contribution is 5.95. The molecule has 0 amide bonds. The van der Waals surface area contributed by atoms with Crippen LogP contribution in [-0.4, -0.2) is 0 Å². The second-order valence-corrected chi connectivity index (χ2v) is 9.52. The number of hydrogen-bond donors (Lipinski definition) is 0. The van der Waals surface area contributed by atoms with Crippen molar-refractivity contribution in [3.05, 3.63) is 143 Å². The van der Waals surface area contributed by atoms with E-state index in [0.29, 0.717) is 0 Å². The monoisotopic (exact) mass is 420 g/mol. The number of fused-ring (bicyclic) bond motifs is 10. The average molecular weight is 421 g/mol. The summed E-state index contributed by atoms with van der Waals surface area (Å²) in [6.45, 7) is 4.36. The molecule has 2 aliphatic carbocycles. The molecule has 0 heterocycles. The van der Waals surface area contributed by atoms with Crippen LogP contribution in [0.25, 0.3) is 33.4 Å². The molecular weight excluding hydrogens is 396 g/mol. The third-order valence-electron chi connectivity index (χ3n) is 7.63. The minimum atomic E-state index is -0.273. The summed E-state index contributed by atoms with van der Waals surface area (Å²) in [7, 11) is 0. The van der Waals surface area contributed by atoms with Gasteiger partial charge in [0, 0.05) is 0 Å². The van der Waals surface area contributed by atoms with Gasteiger partial charge in [0.2, 0.25) is 0 Å². The van der Waals surface area contributed by atoms with Crippen LogP contribution >= 0.6 is 0 Å². The van der Waals surface area contributed by atoms with Gasteiger partial charge in [0.25, 0.3) is 0 Å². The van der Waals surface area contributed by atoms with Crippen LogP contribution in [0.2, 0.25) is 0 Å².